The number of rotatable bonds is 38. The van der Waals surface area contributed by atoms with Crippen LogP contribution in [-0.2, 0) is 38.3 Å². The van der Waals surface area contributed by atoms with Gasteiger partial charge < -0.3 is 34.3 Å². The zero-order valence-corrected chi connectivity index (χ0v) is 37.1. The molecule has 0 radical (unpaired) electrons. The summed E-state index contributed by atoms with van der Waals surface area (Å²) >= 11 is 0. The van der Waals surface area contributed by atoms with E-state index in [1.165, 1.54) is 77.0 Å². The topological polar surface area (TPSA) is 178 Å². The number of aliphatic hydroxyl groups is 3. The molecule has 6 unspecified atom stereocenters. The summed E-state index contributed by atoms with van der Waals surface area (Å²) in [5.41, 5.74) is 0. The highest BCUT2D eigenvalue weighted by Gasteiger charge is 2.48. The lowest BCUT2D eigenvalue weighted by atomic mass is 9.99. The number of esters is 1. The van der Waals surface area contributed by atoms with Crippen LogP contribution in [0.25, 0.3) is 0 Å². The number of hydrogen-bond donors (Lipinski definition) is 4. The van der Waals surface area contributed by atoms with Crippen molar-refractivity contribution in [2.45, 2.75) is 198 Å². The Hall–Kier alpha value is -2.20. The molecule has 1 saturated heterocycles. The van der Waals surface area contributed by atoms with Gasteiger partial charge in [-0.15, -0.1) is 0 Å². The van der Waals surface area contributed by atoms with E-state index in [4.69, 9.17) is 23.5 Å². The lowest BCUT2D eigenvalue weighted by molar-refractivity contribution is -0.301. The number of allylic oxidation sites excluding steroid dienone is 10. The van der Waals surface area contributed by atoms with Crippen molar-refractivity contribution >= 4 is 16.4 Å². The van der Waals surface area contributed by atoms with Crippen molar-refractivity contribution < 1.29 is 56.2 Å². The standard InChI is InChI=1S/C46H80O12S/c1-3-5-7-9-11-13-15-17-19-20-21-23-25-27-29-31-33-35-42(48)56-40(39-55-46-44(50)45(58-59(51,52)53)43(49)41(37-47)57-46)38-54-36-34-32-30-28-26-24-22-18-16-14-12-10-8-6-4-2/h5,7,11,13,17,19,21,23,27,29,40-41,43-47,49-50H,3-4,6,8-10,12,14-16,18,20,22,24-26,28,30-39H2,1-2H3,(H,51,52,53)/b7-5-,13-11-,19-17-,23-21-,29-27-. The zero-order valence-electron chi connectivity index (χ0n) is 36.3. The van der Waals surface area contributed by atoms with Gasteiger partial charge in [0.2, 0.25) is 0 Å². The summed E-state index contributed by atoms with van der Waals surface area (Å²) in [4.78, 5) is 12.8. The predicted octanol–water partition coefficient (Wildman–Crippen LogP) is 9.35. The smallest absolute Gasteiger partial charge is 0.397 e. The van der Waals surface area contributed by atoms with Crippen LogP contribution in [0.1, 0.15) is 162 Å². The molecule has 0 saturated carbocycles. The first-order chi connectivity index (χ1) is 28.6. The van der Waals surface area contributed by atoms with Gasteiger partial charge >= 0.3 is 16.4 Å². The Kier molecular flexibility index (Phi) is 34.9. The molecule has 0 aromatic carbocycles. The lowest BCUT2D eigenvalue weighted by Crippen LogP contribution is -2.60. The second kappa shape index (κ2) is 37.6. The molecule has 1 aliphatic heterocycles. The Morgan fingerprint density at radius 2 is 1.15 bits per heavy atom. The summed E-state index contributed by atoms with van der Waals surface area (Å²) in [6.45, 7) is 3.80. The van der Waals surface area contributed by atoms with E-state index in [1.807, 2.05) is 6.08 Å². The van der Waals surface area contributed by atoms with Crippen LogP contribution in [-0.4, -0.2) is 97.5 Å². The lowest BCUT2D eigenvalue weighted by Gasteiger charge is -2.41. The van der Waals surface area contributed by atoms with Crippen LogP contribution < -0.4 is 0 Å². The van der Waals surface area contributed by atoms with Gasteiger partial charge in [-0.05, 0) is 51.4 Å². The fourth-order valence-electron chi connectivity index (χ4n) is 6.53. The van der Waals surface area contributed by atoms with Crippen molar-refractivity contribution in [1.82, 2.24) is 0 Å². The monoisotopic (exact) mass is 857 g/mol. The molecule has 342 valence electrons. The van der Waals surface area contributed by atoms with Crippen LogP contribution >= 0.6 is 0 Å². The average molecular weight is 857 g/mol. The molecule has 59 heavy (non-hydrogen) atoms. The van der Waals surface area contributed by atoms with Gasteiger partial charge in [0.15, 0.2) is 6.29 Å². The summed E-state index contributed by atoms with van der Waals surface area (Å²) in [5, 5.41) is 30.6. The van der Waals surface area contributed by atoms with E-state index >= 15 is 0 Å². The van der Waals surface area contributed by atoms with Gasteiger partial charge in [-0.25, -0.2) is 4.18 Å². The van der Waals surface area contributed by atoms with Crippen LogP contribution in [0.5, 0.6) is 0 Å². The molecule has 13 heteroatoms. The molecule has 0 aromatic rings. The third-order valence-corrected chi connectivity index (χ3v) is 10.4. The van der Waals surface area contributed by atoms with Gasteiger partial charge in [-0.2, -0.15) is 8.42 Å². The van der Waals surface area contributed by atoms with Crippen molar-refractivity contribution in [2.75, 3.05) is 26.4 Å². The number of hydrogen-bond acceptors (Lipinski definition) is 11. The minimum Gasteiger partial charge on any atom is -0.457 e. The van der Waals surface area contributed by atoms with E-state index in [1.54, 1.807) is 0 Å². The van der Waals surface area contributed by atoms with Crippen LogP contribution in [0.15, 0.2) is 60.8 Å². The normalized spacial score (nSPS) is 20.9. The van der Waals surface area contributed by atoms with Gasteiger partial charge in [0.05, 0.1) is 19.8 Å². The number of unbranched alkanes of at least 4 members (excludes halogenated alkanes) is 15. The molecule has 12 nitrogen and oxygen atoms in total. The highest BCUT2D eigenvalue weighted by Crippen LogP contribution is 2.26. The van der Waals surface area contributed by atoms with Gasteiger partial charge in [-0.3, -0.25) is 9.35 Å². The number of carbonyl (C=O) groups is 1. The van der Waals surface area contributed by atoms with Crippen molar-refractivity contribution in [3.8, 4) is 0 Å². The molecule has 0 amide bonds. The third-order valence-electron chi connectivity index (χ3n) is 9.90. The number of aliphatic hydroxyl groups excluding tert-OH is 3. The molecule has 4 N–H and O–H groups in total. The Morgan fingerprint density at radius 3 is 1.64 bits per heavy atom. The molecule has 0 aliphatic carbocycles. The molecule has 1 rings (SSSR count). The van der Waals surface area contributed by atoms with Gasteiger partial charge in [0.1, 0.15) is 30.5 Å². The first kappa shape index (κ1) is 54.8. The molecule has 0 bridgehead atoms. The second-order valence-electron chi connectivity index (χ2n) is 15.3. The minimum absolute atomic E-state index is 0.0128. The first-order valence-electron chi connectivity index (χ1n) is 22.5. The quantitative estimate of drug-likeness (QED) is 0.0201. The van der Waals surface area contributed by atoms with Gasteiger partial charge in [0, 0.05) is 13.0 Å². The van der Waals surface area contributed by atoms with E-state index in [2.05, 4.69) is 72.7 Å². The highest BCUT2D eigenvalue weighted by atomic mass is 32.3. The van der Waals surface area contributed by atoms with E-state index < -0.39 is 59.8 Å². The molecular formula is C46H80O12S. The summed E-state index contributed by atoms with van der Waals surface area (Å²) in [5.74, 6) is -0.456. The maximum atomic E-state index is 12.8. The Labute approximate surface area is 357 Å². The Morgan fingerprint density at radius 1 is 0.661 bits per heavy atom. The van der Waals surface area contributed by atoms with Crippen LogP contribution in [0.2, 0.25) is 0 Å². The minimum atomic E-state index is -5.07. The number of carbonyl (C=O) groups excluding carboxylic acids is 1. The molecule has 0 spiro atoms. The van der Waals surface area contributed by atoms with Gasteiger partial charge in [0.25, 0.3) is 0 Å². The van der Waals surface area contributed by atoms with E-state index in [0.717, 1.165) is 51.4 Å². The average Bonchev–Trinajstić information content (AvgIpc) is 3.20. The number of ether oxygens (including phenoxy) is 4. The van der Waals surface area contributed by atoms with E-state index in [9.17, 15) is 28.5 Å². The fourth-order valence-corrected chi connectivity index (χ4v) is 7.04. The SMILES string of the molecule is CC/C=C\C/C=C\C/C=C\C/C=C\C/C=C\CCCC(=O)OC(COCCCCCCCCCCCCCCCCC)COC1OC(CO)C(O)C(OS(=O)(=O)O)C1O. The Bertz CT molecular complexity index is 1260. The third kappa shape index (κ3) is 31.3. The summed E-state index contributed by atoms with van der Waals surface area (Å²) in [7, 11) is -5.07. The molecule has 1 aliphatic rings. The second-order valence-corrected chi connectivity index (χ2v) is 16.3. The van der Waals surface area contributed by atoms with E-state index in [-0.39, 0.29) is 19.6 Å². The summed E-state index contributed by atoms with van der Waals surface area (Å²) < 4.78 is 59.0. The maximum absolute atomic E-state index is 12.8. The van der Waals surface area contributed by atoms with Crippen molar-refractivity contribution in [3.63, 3.8) is 0 Å². The maximum Gasteiger partial charge on any atom is 0.397 e. The molecule has 1 heterocycles. The highest BCUT2D eigenvalue weighted by molar-refractivity contribution is 7.80. The van der Waals surface area contributed by atoms with Crippen molar-refractivity contribution in [3.05, 3.63) is 60.8 Å². The van der Waals surface area contributed by atoms with E-state index in [0.29, 0.717) is 19.4 Å². The Balaban J connectivity index is 2.48. The van der Waals surface area contributed by atoms with Crippen LogP contribution in [0.4, 0.5) is 0 Å². The van der Waals surface area contributed by atoms with Gasteiger partial charge in [-0.1, -0.05) is 164 Å². The van der Waals surface area contributed by atoms with Crippen molar-refractivity contribution in [2.24, 2.45) is 0 Å². The fraction of sp³-hybridized carbons (Fsp3) is 0.761. The van der Waals surface area contributed by atoms with Crippen LogP contribution in [0, 0.1) is 0 Å². The molecule has 1 fully saturated rings. The van der Waals surface area contributed by atoms with Crippen molar-refractivity contribution in [1.29, 1.82) is 0 Å². The molecule has 6 atom stereocenters. The molecule has 0 aromatic heterocycles. The summed E-state index contributed by atoms with van der Waals surface area (Å²) in [6.07, 6.45) is 36.9. The first-order valence-corrected chi connectivity index (χ1v) is 23.9. The molecular weight excluding hydrogens is 777 g/mol. The largest absolute Gasteiger partial charge is 0.457 e. The zero-order chi connectivity index (χ0) is 43.2. The van der Waals surface area contributed by atoms with Crippen LogP contribution in [0.3, 0.4) is 0 Å². The predicted molar refractivity (Wildman–Crippen MR) is 234 cm³/mol. The summed E-state index contributed by atoms with van der Waals surface area (Å²) in [6, 6.07) is 0.